The van der Waals surface area contributed by atoms with Gasteiger partial charge >= 0.3 is 0 Å². The van der Waals surface area contributed by atoms with E-state index < -0.39 is 0 Å². The maximum Gasteiger partial charge on any atom is 0.0857 e. The summed E-state index contributed by atoms with van der Waals surface area (Å²) in [5.41, 5.74) is 0.790. The Balaban J connectivity index is 1.94. The van der Waals surface area contributed by atoms with Crippen LogP contribution in [-0.4, -0.2) is 25.0 Å². The average Bonchev–Trinajstić information content (AvgIpc) is 2.59. The summed E-state index contributed by atoms with van der Waals surface area (Å²) in [6.07, 6.45) is 1.77. The molecule has 0 spiro atoms. The quantitative estimate of drug-likeness (QED) is 0.787. The Morgan fingerprint density at radius 3 is 2.39 bits per heavy atom. The van der Waals surface area contributed by atoms with E-state index in [1.807, 2.05) is 36.4 Å². The Morgan fingerprint density at radius 2 is 1.74 bits per heavy atom. The molecule has 1 heterocycles. The summed E-state index contributed by atoms with van der Waals surface area (Å²) in [6, 6.07) is 18.8. The van der Waals surface area contributed by atoms with Crippen molar-refractivity contribution in [2.45, 2.75) is 28.0 Å². The van der Waals surface area contributed by atoms with E-state index in [0.29, 0.717) is 0 Å². The van der Waals surface area contributed by atoms with Crippen LogP contribution < -0.4 is 0 Å². The number of piperidine rings is 1. The lowest BCUT2D eigenvalue weighted by atomic mass is 9.74. The predicted molar refractivity (Wildman–Crippen MR) is 96.0 cm³/mol. The normalized spacial score (nSPS) is 17.6. The molecule has 0 amide bonds. The number of likely N-dealkylation sites (tertiary alicyclic amines) is 1. The molecule has 0 aliphatic carbocycles. The standard InChI is InChI=1S/C19H19ClN2S/c1-22-12-10-19(14-21,11-13-22)17-4-2-3-5-18(17)23-16-8-6-15(20)7-9-16/h2-9H,10-13H2,1H3. The van der Waals surface area contributed by atoms with Gasteiger partial charge in [0.1, 0.15) is 0 Å². The number of nitriles is 1. The third-order valence-corrected chi connectivity index (χ3v) is 5.83. The van der Waals surface area contributed by atoms with Crippen LogP contribution in [0.4, 0.5) is 0 Å². The molecule has 0 unspecified atom stereocenters. The third kappa shape index (κ3) is 3.55. The number of nitrogens with zero attached hydrogens (tertiary/aromatic N) is 2. The minimum atomic E-state index is -0.372. The number of benzene rings is 2. The van der Waals surface area contributed by atoms with Crippen molar-refractivity contribution < 1.29 is 0 Å². The molecular weight excluding hydrogens is 324 g/mol. The van der Waals surface area contributed by atoms with E-state index in [4.69, 9.17) is 11.6 Å². The molecule has 4 heteroatoms. The van der Waals surface area contributed by atoms with Gasteiger partial charge in [0, 0.05) is 14.8 Å². The number of rotatable bonds is 3. The van der Waals surface area contributed by atoms with Crippen LogP contribution in [0.5, 0.6) is 0 Å². The molecule has 1 saturated heterocycles. The fourth-order valence-electron chi connectivity index (χ4n) is 3.02. The topological polar surface area (TPSA) is 27.0 Å². The summed E-state index contributed by atoms with van der Waals surface area (Å²) < 4.78 is 0. The third-order valence-electron chi connectivity index (χ3n) is 4.50. The van der Waals surface area contributed by atoms with Crippen LogP contribution >= 0.6 is 23.4 Å². The van der Waals surface area contributed by atoms with Gasteiger partial charge in [-0.05, 0) is 68.9 Å². The summed E-state index contributed by atoms with van der Waals surface area (Å²) in [7, 11) is 2.12. The number of hydrogen-bond donors (Lipinski definition) is 0. The van der Waals surface area contributed by atoms with Crippen molar-refractivity contribution in [3.8, 4) is 6.07 Å². The largest absolute Gasteiger partial charge is 0.306 e. The SMILES string of the molecule is CN1CCC(C#N)(c2ccccc2Sc2ccc(Cl)cc2)CC1. The van der Waals surface area contributed by atoms with E-state index >= 15 is 0 Å². The van der Waals surface area contributed by atoms with Gasteiger partial charge in [0.2, 0.25) is 0 Å². The highest BCUT2D eigenvalue weighted by Gasteiger charge is 2.37. The van der Waals surface area contributed by atoms with E-state index in [1.54, 1.807) is 11.8 Å². The van der Waals surface area contributed by atoms with E-state index in [1.165, 1.54) is 4.90 Å². The molecule has 1 fully saturated rings. The second-order valence-corrected chi connectivity index (χ2v) is 7.60. The van der Waals surface area contributed by atoms with Crippen LogP contribution in [0.2, 0.25) is 5.02 Å². The first-order chi connectivity index (χ1) is 11.1. The van der Waals surface area contributed by atoms with Gasteiger partial charge in [0.25, 0.3) is 0 Å². The lowest BCUT2D eigenvalue weighted by molar-refractivity contribution is 0.220. The Bertz CT molecular complexity index is 713. The van der Waals surface area contributed by atoms with E-state index in [2.05, 4.69) is 30.1 Å². The number of halogens is 1. The summed E-state index contributed by atoms with van der Waals surface area (Å²) in [6.45, 7) is 1.93. The van der Waals surface area contributed by atoms with Gasteiger partial charge in [-0.3, -0.25) is 0 Å². The first-order valence-electron chi connectivity index (χ1n) is 7.76. The lowest BCUT2D eigenvalue weighted by Crippen LogP contribution is -2.40. The highest BCUT2D eigenvalue weighted by atomic mass is 35.5. The Labute approximate surface area is 147 Å². The fourth-order valence-corrected chi connectivity index (χ4v) is 4.19. The van der Waals surface area contributed by atoms with Crippen molar-refractivity contribution in [2.75, 3.05) is 20.1 Å². The van der Waals surface area contributed by atoms with Crippen LogP contribution in [0.1, 0.15) is 18.4 Å². The molecule has 0 N–H and O–H groups in total. The minimum Gasteiger partial charge on any atom is -0.306 e. The van der Waals surface area contributed by atoms with Crippen LogP contribution in [0.25, 0.3) is 0 Å². The van der Waals surface area contributed by atoms with Gasteiger partial charge in [-0.25, -0.2) is 0 Å². The maximum absolute atomic E-state index is 9.91. The van der Waals surface area contributed by atoms with Crippen molar-refractivity contribution in [1.29, 1.82) is 5.26 Å². The van der Waals surface area contributed by atoms with Gasteiger partial charge in [0.05, 0.1) is 11.5 Å². The molecule has 1 aliphatic heterocycles. The van der Waals surface area contributed by atoms with Gasteiger partial charge in [0.15, 0.2) is 0 Å². The first kappa shape index (κ1) is 16.4. The van der Waals surface area contributed by atoms with Crippen molar-refractivity contribution in [2.24, 2.45) is 0 Å². The van der Waals surface area contributed by atoms with Crippen molar-refractivity contribution in [1.82, 2.24) is 4.90 Å². The molecule has 2 nitrogen and oxygen atoms in total. The van der Waals surface area contributed by atoms with Gasteiger partial charge < -0.3 is 4.90 Å². The molecule has 0 radical (unpaired) electrons. The van der Waals surface area contributed by atoms with Crippen molar-refractivity contribution in [3.63, 3.8) is 0 Å². The Hall–Kier alpha value is -1.47. The minimum absolute atomic E-state index is 0.372. The predicted octanol–water partition coefficient (Wildman–Crippen LogP) is 4.98. The molecule has 2 aromatic rings. The molecule has 0 atom stereocenters. The Morgan fingerprint density at radius 1 is 1.09 bits per heavy atom. The Kier molecular flexibility index (Phi) is 4.96. The second kappa shape index (κ2) is 6.97. The number of hydrogen-bond acceptors (Lipinski definition) is 3. The van der Waals surface area contributed by atoms with Crippen molar-refractivity contribution in [3.05, 3.63) is 59.1 Å². The highest BCUT2D eigenvalue weighted by molar-refractivity contribution is 7.99. The maximum atomic E-state index is 9.91. The van der Waals surface area contributed by atoms with Crippen LogP contribution in [-0.2, 0) is 5.41 Å². The molecule has 0 bridgehead atoms. The molecule has 0 aromatic heterocycles. The summed E-state index contributed by atoms with van der Waals surface area (Å²) >= 11 is 7.68. The average molecular weight is 343 g/mol. The van der Waals surface area contributed by atoms with E-state index in [-0.39, 0.29) is 5.41 Å². The molecule has 2 aromatic carbocycles. The van der Waals surface area contributed by atoms with Gasteiger partial charge in [-0.2, -0.15) is 5.26 Å². The zero-order valence-electron chi connectivity index (χ0n) is 13.1. The molecule has 118 valence electrons. The second-order valence-electron chi connectivity index (χ2n) is 6.05. The summed E-state index contributed by atoms with van der Waals surface area (Å²) in [4.78, 5) is 4.61. The van der Waals surface area contributed by atoms with E-state index in [0.717, 1.165) is 41.4 Å². The summed E-state index contributed by atoms with van der Waals surface area (Å²) in [5.74, 6) is 0. The molecule has 3 rings (SSSR count). The van der Waals surface area contributed by atoms with E-state index in [9.17, 15) is 5.26 Å². The molecular formula is C19H19ClN2S. The molecule has 1 aliphatic rings. The molecule has 23 heavy (non-hydrogen) atoms. The zero-order chi connectivity index (χ0) is 16.3. The van der Waals surface area contributed by atoms with Crippen LogP contribution in [0.15, 0.2) is 58.3 Å². The van der Waals surface area contributed by atoms with Crippen molar-refractivity contribution >= 4 is 23.4 Å². The monoisotopic (exact) mass is 342 g/mol. The van der Waals surface area contributed by atoms with Gasteiger partial charge in [-0.15, -0.1) is 0 Å². The van der Waals surface area contributed by atoms with Gasteiger partial charge in [-0.1, -0.05) is 41.6 Å². The smallest absolute Gasteiger partial charge is 0.0857 e. The lowest BCUT2D eigenvalue weighted by Gasteiger charge is -2.36. The van der Waals surface area contributed by atoms with Crippen LogP contribution in [0, 0.1) is 11.3 Å². The zero-order valence-corrected chi connectivity index (χ0v) is 14.7. The fraction of sp³-hybridized carbons (Fsp3) is 0.316. The highest BCUT2D eigenvalue weighted by Crippen LogP contribution is 2.41. The molecule has 0 saturated carbocycles. The summed E-state index contributed by atoms with van der Waals surface area (Å²) in [5, 5.41) is 10.7. The van der Waals surface area contributed by atoms with Crippen LogP contribution in [0.3, 0.4) is 0 Å². The first-order valence-corrected chi connectivity index (χ1v) is 8.95.